The van der Waals surface area contributed by atoms with Gasteiger partial charge in [0.1, 0.15) is 17.6 Å². The van der Waals surface area contributed by atoms with E-state index in [-0.39, 0.29) is 17.7 Å². The highest BCUT2D eigenvalue weighted by Gasteiger charge is 2.34. The number of thioether (sulfide) groups is 1. The van der Waals surface area contributed by atoms with Crippen LogP contribution in [-0.2, 0) is 4.79 Å². The van der Waals surface area contributed by atoms with Crippen LogP contribution in [0.15, 0.2) is 81.6 Å². The Morgan fingerprint density at radius 2 is 2.03 bits per heavy atom. The number of hydrogen-bond donors (Lipinski definition) is 1. The molecule has 3 heterocycles. The lowest BCUT2D eigenvalue weighted by atomic mass is 10.0. The molecule has 1 aliphatic heterocycles. The Hall–Kier alpha value is -3.52. The van der Waals surface area contributed by atoms with Gasteiger partial charge in [0.2, 0.25) is 0 Å². The van der Waals surface area contributed by atoms with Crippen LogP contribution in [0.3, 0.4) is 0 Å². The Morgan fingerprint density at radius 1 is 1.19 bits per heavy atom. The first-order chi connectivity index (χ1) is 15.2. The highest BCUT2D eigenvalue weighted by Crippen LogP contribution is 2.34. The first-order valence-electron chi connectivity index (χ1n) is 9.86. The third-order valence-corrected chi connectivity index (χ3v) is 6.02. The average molecular weight is 433 g/mol. The molecule has 0 fully saturated rings. The van der Waals surface area contributed by atoms with Gasteiger partial charge in [0.15, 0.2) is 5.16 Å². The number of hydrazone groups is 1. The molecule has 1 aliphatic rings. The normalized spacial score (nSPS) is 16.0. The minimum absolute atomic E-state index is 0.102. The van der Waals surface area contributed by atoms with Crippen molar-refractivity contribution in [3.63, 3.8) is 0 Å². The van der Waals surface area contributed by atoms with Gasteiger partial charge in [0.25, 0.3) is 5.91 Å². The molecule has 0 aliphatic carbocycles. The van der Waals surface area contributed by atoms with E-state index in [9.17, 15) is 4.79 Å². The van der Waals surface area contributed by atoms with E-state index in [4.69, 9.17) is 9.15 Å². The van der Waals surface area contributed by atoms with Crippen LogP contribution in [0.4, 0.5) is 0 Å². The Kier molecular flexibility index (Phi) is 5.21. The van der Waals surface area contributed by atoms with Crippen LogP contribution >= 0.6 is 11.8 Å². The van der Waals surface area contributed by atoms with Gasteiger partial charge in [-0.15, -0.1) is 0 Å². The fraction of sp³-hybridized carbons (Fsp3) is 0.174. The number of nitrogens with one attached hydrogen (secondary N) is 1. The first-order valence-corrected chi connectivity index (χ1v) is 10.8. The molecule has 0 spiro atoms. The van der Waals surface area contributed by atoms with Crippen LogP contribution in [0.25, 0.3) is 11.0 Å². The van der Waals surface area contributed by atoms with Gasteiger partial charge >= 0.3 is 0 Å². The van der Waals surface area contributed by atoms with E-state index >= 15 is 0 Å². The smallest absolute Gasteiger partial charge is 0.253 e. The molecule has 1 amide bonds. The summed E-state index contributed by atoms with van der Waals surface area (Å²) in [5, 5.41) is 6.91. The van der Waals surface area contributed by atoms with E-state index in [1.165, 1.54) is 16.8 Å². The summed E-state index contributed by atoms with van der Waals surface area (Å²) in [4.78, 5) is 20.9. The second kappa shape index (κ2) is 8.31. The lowest BCUT2D eigenvalue weighted by Crippen LogP contribution is -2.28. The topological polar surface area (TPSA) is 83.7 Å². The first kappa shape index (κ1) is 19.4. The predicted octanol–water partition coefficient (Wildman–Crippen LogP) is 4.63. The molecule has 7 nitrogen and oxygen atoms in total. The maximum absolute atomic E-state index is 13.1. The average Bonchev–Trinajstić information content (AvgIpc) is 3.56. The van der Waals surface area contributed by atoms with Gasteiger partial charge in [-0.2, -0.15) is 5.10 Å². The summed E-state index contributed by atoms with van der Waals surface area (Å²) in [6.45, 7) is 0. The van der Waals surface area contributed by atoms with E-state index in [0.29, 0.717) is 17.3 Å². The fourth-order valence-corrected chi connectivity index (χ4v) is 4.33. The molecule has 0 radical (unpaired) electrons. The van der Waals surface area contributed by atoms with Crippen molar-refractivity contribution in [3.05, 3.63) is 78.3 Å². The number of H-pyrrole nitrogens is 1. The van der Waals surface area contributed by atoms with E-state index in [1.54, 1.807) is 13.4 Å². The third-order valence-electron chi connectivity index (χ3n) is 5.16. The minimum atomic E-state index is -0.268. The quantitative estimate of drug-likeness (QED) is 0.449. The molecule has 156 valence electrons. The molecular formula is C23H20N4O3S. The van der Waals surface area contributed by atoms with Gasteiger partial charge in [0, 0.05) is 6.42 Å². The van der Waals surface area contributed by atoms with Crippen LogP contribution < -0.4 is 4.74 Å². The van der Waals surface area contributed by atoms with Gasteiger partial charge < -0.3 is 14.1 Å². The maximum Gasteiger partial charge on any atom is 0.253 e. The number of carbonyl (C=O) groups excluding carboxylic acids is 1. The van der Waals surface area contributed by atoms with Gasteiger partial charge in [-0.1, -0.05) is 23.9 Å². The Balaban J connectivity index is 1.36. The number of aromatic nitrogens is 2. The van der Waals surface area contributed by atoms with E-state index in [0.717, 1.165) is 28.1 Å². The van der Waals surface area contributed by atoms with Crippen LogP contribution in [0.5, 0.6) is 5.75 Å². The van der Waals surface area contributed by atoms with Gasteiger partial charge in [-0.25, -0.2) is 9.99 Å². The molecule has 4 aromatic rings. The Labute approximate surface area is 183 Å². The van der Waals surface area contributed by atoms with Crippen molar-refractivity contribution in [2.24, 2.45) is 5.10 Å². The fourth-order valence-electron chi connectivity index (χ4n) is 3.59. The highest BCUT2D eigenvalue weighted by atomic mass is 32.2. The van der Waals surface area contributed by atoms with E-state index in [1.807, 2.05) is 60.7 Å². The minimum Gasteiger partial charge on any atom is -0.497 e. The molecule has 31 heavy (non-hydrogen) atoms. The number of benzene rings is 2. The molecule has 0 saturated heterocycles. The second-order valence-corrected chi connectivity index (χ2v) is 8.06. The molecule has 8 heteroatoms. The van der Waals surface area contributed by atoms with E-state index < -0.39 is 0 Å². The number of amides is 1. The largest absolute Gasteiger partial charge is 0.497 e. The zero-order chi connectivity index (χ0) is 21.2. The van der Waals surface area contributed by atoms with Crippen molar-refractivity contribution in [1.82, 2.24) is 15.0 Å². The molecule has 5 rings (SSSR count). The number of rotatable bonds is 6. The maximum atomic E-state index is 13.1. The molecule has 2 aromatic carbocycles. The van der Waals surface area contributed by atoms with Crippen LogP contribution in [0.1, 0.15) is 23.8 Å². The number of para-hydroxylation sites is 2. The number of imidazole rings is 1. The number of furan rings is 1. The standard InChI is InChI=1S/C23H20N4O3S/c1-29-16-10-8-15(9-11-16)19-13-20(21-7-4-12-30-21)27(26-19)22(28)14-31-23-24-17-5-2-3-6-18(17)25-23/h2-12,20H,13-14H2,1H3,(H,24,25). The van der Waals surface area contributed by atoms with Crippen LogP contribution in [0, 0.1) is 0 Å². The summed E-state index contributed by atoms with van der Waals surface area (Å²) in [5.41, 5.74) is 3.63. The Bertz CT molecular complexity index is 1200. The summed E-state index contributed by atoms with van der Waals surface area (Å²) < 4.78 is 10.8. The number of aromatic amines is 1. The number of nitrogens with zero attached hydrogens (tertiary/aromatic N) is 3. The monoisotopic (exact) mass is 432 g/mol. The molecule has 1 atom stereocenters. The second-order valence-electron chi connectivity index (χ2n) is 7.10. The zero-order valence-corrected chi connectivity index (χ0v) is 17.6. The highest BCUT2D eigenvalue weighted by molar-refractivity contribution is 7.99. The number of methoxy groups -OCH3 is 1. The number of carbonyl (C=O) groups is 1. The van der Waals surface area contributed by atoms with E-state index in [2.05, 4.69) is 15.1 Å². The van der Waals surface area contributed by atoms with Crippen molar-refractivity contribution in [3.8, 4) is 5.75 Å². The van der Waals surface area contributed by atoms with Crippen molar-refractivity contribution in [2.45, 2.75) is 17.6 Å². The SMILES string of the molecule is COc1ccc(C2=NN(C(=O)CSc3nc4ccccc4[nH]3)C(c3ccco3)C2)cc1. The third kappa shape index (κ3) is 3.94. The van der Waals surface area contributed by atoms with Crippen molar-refractivity contribution < 1.29 is 13.9 Å². The molecule has 0 saturated carbocycles. The van der Waals surface area contributed by atoms with Gasteiger partial charge in [-0.3, -0.25) is 4.79 Å². The van der Waals surface area contributed by atoms with Crippen molar-refractivity contribution in [1.29, 1.82) is 0 Å². The summed E-state index contributed by atoms with van der Waals surface area (Å²) in [7, 11) is 1.63. The van der Waals surface area contributed by atoms with Crippen molar-refractivity contribution in [2.75, 3.05) is 12.9 Å². The zero-order valence-electron chi connectivity index (χ0n) is 16.8. The summed E-state index contributed by atoms with van der Waals surface area (Å²) in [6, 6.07) is 18.9. The summed E-state index contributed by atoms with van der Waals surface area (Å²) >= 11 is 1.37. The van der Waals surface area contributed by atoms with Crippen LogP contribution in [-0.4, -0.2) is 39.5 Å². The van der Waals surface area contributed by atoms with Crippen molar-refractivity contribution >= 4 is 34.4 Å². The lowest BCUT2D eigenvalue weighted by molar-refractivity contribution is -0.130. The summed E-state index contributed by atoms with van der Waals surface area (Å²) in [6.07, 6.45) is 2.20. The molecule has 0 bridgehead atoms. The molecule has 1 N–H and O–H groups in total. The molecular weight excluding hydrogens is 412 g/mol. The van der Waals surface area contributed by atoms with Crippen LogP contribution in [0.2, 0.25) is 0 Å². The summed E-state index contributed by atoms with van der Waals surface area (Å²) in [5.74, 6) is 1.61. The molecule has 2 aromatic heterocycles. The number of hydrogen-bond acceptors (Lipinski definition) is 6. The van der Waals surface area contributed by atoms with Gasteiger partial charge in [0.05, 0.1) is 35.9 Å². The number of ether oxygens (including phenoxy) is 1. The van der Waals surface area contributed by atoms with Gasteiger partial charge in [-0.05, 0) is 54.1 Å². The molecule has 1 unspecified atom stereocenters. The number of fused-ring (bicyclic) bond motifs is 1. The Morgan fingerprint density at radius 3 is 2.77 bits per heavy atom. The lowest BCUT2D eigenvalue weighted by Gasteiger charge is -2.19. The predicted molar refractivity (Wildman–Crippen MR) is 119 cm³/mol.